The van der Waals surface area contributed by atoms with Crippen LogP contribution in [-0.2, 0) is 6.18 Å². The molecule has 0 unspecified atom stereocenters. The van der Waals surface area contributed by atoms with Crippen molar-refractivity contribution in [3.05, 3.63) is 48.0 Å². The van der Waals surface area contributed by atoms with Crippen molar-refractivity contribution in [1.29, 1.82) is 0 Å². The summed E-state index contributed by atoms with van der Waals surface area (Å²) < 4.78 is 39.7. The van der Waals surface area contributed by atoms with Gasteiger partial charge in [-0.15, -0.1) is 0 Å². The summed E-state index contributed by atoms with van der Waals surface area (Å²) in [6.45, 7) is 0. The Morgan fingerprint density at radius 3 is 2.38 bits per heavy atom. The number of nitrogens with zero attached hydrogens (tertiary/aromatic N) is 3. The van der Waals surface area contributed by atoms with Gasteiger partial charge in [0.15, 0.2) is 0 Å². The third kappa shape index (κ3) is 2.84. The van der Waals surface area contributed by atoms with Gasteiger partial charge >= 0.3 is 6.18 Å². The number of aromatic nitrogens is 2. The zero-order valence-electron chi connectivity index (χ0n) is 13.1. The summed E-state index contributed by atoms with van der Waals surface area (Å²) in [6.07, 6.45) is -4.43. The van der Waals surface area contributed by atoms with Crippen molar-refractivity contribution in [3.63, 3.8) is 0 Å². The van der Waals surface area contributed by atoms with Crippen LogP contribution in [0.25, 0.3) is 22.0 Å². The molecule has 0 saturated carbocycles. The van der Waals surface area contributed by atoms with E-state index in [1.54, 1.807) is 29.2 Å². The minimum atomic E-state index is -4.43. The average molecular weight is 332 g/mol. The summed E-state index contributed by atoms with van der Waals surface area (Å²) >= 11 is 0. The van der Waals surface area contributed by atoms with Gasteiger partial charge in [0.1, 0.15) is 5.82 Å². The van der Waals surface area contributed by atoms with Gasteiger partial charge in [0.25, 0.3) is 0 Å². The molecule has 4 nitrogen and oxygen atoms in total. The molecule has 2 aromatic carbocycles. The van der Waals surface area contributed by atoms with Gasteiger partial charge in [0.2, 0.25) is 5.95 Å². The molecule has 0 amide bonds. The van der Waals surface area contributed by atoms with Crippen LogP contribution >= 0.6 is 0 Å². The molecule has 3 rings (SSSR count). The van der Waals surface area contributed by atoms with Crippen molar-refractivity contribution < 1.29 is 13.2 Å². The molecule has 124 valence electrons. The molecule has 0 saturated heterocycles. The lowest BCUT2D eigenvalue weighted by Crippen LogP contribution is -2.13. The van der Waals surface area contributed by atoms with E-state index in [9.17, 15) is 13.2 Å². The largest absolute Gasteiger partial charge is 0.417 e. The van der Waals surface area contributed by atoms with E-state index in [4.69, 9.17) is 5.73 Å². The Kier molecular flexibility index (Phi) is 3.79. The Morgan fingerprint density at radius 2 is 1.71 bits per heavy atom. The standard InChI is InChI=1S/C17H15F3N4/c1-24(2)15-12-8-7-10(9-14(12)22-16(21)23-15)11-5-3-4-6-13(11)17(18,19)20/h3-9H,1-2H3,(H2,21,22,23). The second-order valence-electron chi connectivity index (χ2n) is 5.58. The zero-order valence-corrected chi connectivity index (χ0v) is 13.1. The van der Waals surface area contributed by atoms with E-state index in [1.165, 1.54) is 12.1 Å². The number of nitrogens with two attached hydrogens (primary N) is 1. The van der Waals surface area contributed by atoms with Gasteiger partial charge in [-0.3, -0.25) is 0 Å². The van der Waals surface area contributed by atoms with E-state index in [-0.39, 0.29) is 11.5 Å². The summed E-state index contributed by atoms with van der Waals surface area (Å²) in [6, 6.07) is 10.4. The van der Waals surface area contributed by atoms with Crippen molar-refractivity contribution in [3.8, 4) is 11.1 Å². The number of hydrogen-bond acceptors (Lipinski definition) is 4. The normalized spacial score (nSPS) is 11.7. The monoisotopic (exact) mass is 332 g/mol. The zero-order chi connectivity index (χ0) is 17.5. The smallest absolute Gasteiger partial charge is 0.368 e. The highest BCUT2D eigenvalue weighted by atomic mass is 19.4. The quantitative estimate of drug-likeness (QED) is 0.772. The van der Waals surface area contributed by atoms with E-state index in [2.05, 4.69) is 9.97 Å². The molecule has 2 N–H and O–H groups in total. The minimum Gasteiger partial charge on any atom is -0.368 e. The molecule has 24 heavy (non-hydrogen) atoms. The van der Waals surface area contributed by atoms with Gasteiger partial charge in [-0.05, 0) is 29.3 Å². The Bertz CT molecular complexity index is 904. The third-order valence-electron chi connectivity index (χ3n) is 3.66. The number of hydrogen-bond donors (Lipinski definition) is 1. The first-order chi connectivity index (χ1) is 11.3. The van der Waals surface area contributed by atoms with Gasteiger partial charge in [0, 0.05) is 19.5 Å². The lowest BCUT2D eigenvalue weighted by molar-refractivity contribution is -0.137. The van der Waals surface area contributed by atoms with Crippen LogP contribution in [0.3, 0.4) is 0 Å². The SMILES string of the molecule is CN(C)c1nc(N)nc2cc(-c3ccccc3C(F)(F)F)ccc12. The fraction of sp³-hybridized carbons (Fsp3) is 0.176. The fourth-order valence-electron chi connectivity index (χ4n) is 2.62. The number of anilines is 2. The molecular weight excluding hydrogens is 317 g/mol. The van der Waals surface area contributed by atoms with E-state index in [1.807, 2.05) is 14.1 Å². The maximum absolute atomic E-state index is 13.2. The highest BCUT2D eigenvalue weighted by Gasteiger charge is 2.33. The molecule has 1 aromatic heterocycles. The highest BCUT2D eigenvalue weighted by molar-refractivity contribution is 5.93. The highest BCUT2D eigenvalue weighted by Crippen LogP contribution is 2.38. The number of rotatable bonds is 2. The van der Waals surface area contributed by atoms with Gasteiger partial charge in [-0.2, -0.15) is 18.2 Å². The molecule has 7 heteroatoms. The van der Waals surface area contributed by atoms with Crippen molar-refractivity contribution >= 4 is 22.7 Å². The summed E-state index contributed by atoms with van der Waals surface area (Å²) in [5, 5.41) is 0.724. The maximum atomic E-state index is 13.2. The predicted octanol–water partition coefficient (Wildman–Crippen LogP) is 3.96. The Hall–Kier alpha value is -2.83. The molecule has 0 fully saturated rings. The number of alkyl halides is 3. The van der Waals surface area contributed by atoms with Crippen molar-refractivity contribution in [2.45, 2.75) is 6.18 Å². The molecular formula is C17H15F3N4. The molecule has 3 aromatic rings. The predicted molar refractivity (Wildman–Crippen MR) is 88.7 cm³/mol. The molecule has 0 radical (unpaired) electrons. The van der Waals surface area contributed by atoms with Gasteiger partial charge in [0.05, 0.1) is 11.1 Å². The first-order valence-electron chi connectivity index (χ1n) is 7.18. The van der Waals surface area contributed by atoms with E-state index < -0.39 is 11.7 Å². The van der Waals surface area contributed by atoms with Crippen LogP contribution in [0.4, 0.5) is 24.9 Å². The lowest BCUT2D eigenvalue weighted by atomic mass is 9.98. The van der Waals surface area contributed by atoms with Crippen molar-refractivity contribution in [1.82, 2.24) is 9.97 Å². The van der Waals surface area contributed by atoms with E-state index in [0.717, 1.165) is 11.5 Å². The minimum absolute atomic E-state index is 0.0763. The van der Waals surface area contributed by atoms with Gasteiger partial charge in [-0.25, -0.2) is 4.98 Å². The Morgan fingerprint density at radius 1 is 1.00 bits per heavy atom. The van der Waals surface area contributed by atoms with Crippen LogP contribution < -0.4 is 10.6 Å². The molecule has 0 aliphatic heterocycles. The van der Waals surface area contributed by atoms with Crippen molar-refractivity contribution in [2.24, 2.45) is 0 Å². The van der Waals surface area contributed by atoms with E-state index in [0.29, 0.717) is 16.9 Å². The summed E-state index contributed by atoms with van der Waals surface area (Å²) in [7, 11) is 3.63. The second-order valence-corrected chi connectivity index (χ2v) is 5.58. The summed E-state index contributed by atoms with van der Waals surface area (Å²) in [5.41, 5.74) is 6.08. The molecule has 0 atom stereocenters. The van der Waals surface area contributed by atoms with Crippen LogP contribution in [0.1, 0.15) is 5.56 Å². The fourth-order valence-corrected chi connectivity index (χ4v) is 2.62. The maximum Gasteiger partial charge on any atom is 0.417 e. The molecule has 0 aliphatic carbocycles. The first-order valence-corrected chi connectivity index (χ1v) is 7.18. The Balaban J connectivity index is 2.24. The van der Waals surface area contributed by atoms with Crippen LogP contribution in [0, 0.1) is 0 Å². The molecule has 1 heterocycles. The lowest BCUT2D eigenvalue weighted by Gasteiger charge is -2.16. The van der Waals surface area contributed by atoms with Crippen LogP contribution in [0.5, 0.6) is 0 Å². The number of halogens is 3. The van der Waals surface area contributed by atoms with Crippen LogP contribution in [0.2, 0.25) is 0 Å². The van der Waals surface area contributed by atoms with Crippen LogP contribution in [-0.4, -0.2) is 24.1 Å². The number of benzene rings is 2. The topological polar surface area (TPSA) is 55.0 Å². The summed E-state index contributed by atoms with van der Waals surface area (Å²) in [4.78, 5) is 10.1. The number of nitrogen functional groups attached to an aromatic ring is 1. The summed E-state index contributed by atoms with van der Waals surface area (Å²) in [5.74, 6) is 0.695. The molecule has 0 bridgehead atoms. The second kappa shape index (κ2) is 5.67. The van der Waals surface area contributed by atoms with Gasteiger partial charge in [-0.1, -0.05) is 24.3 Å². The van der Waals surface area contributed by atoms with Crippen LogP contribution in [0.15, 0.2) is 42.5 Å². The number of fused-ring (bicyclic) bond motifs is 1. The van der Waals surface area contributed by atoms with Gasteiger partial charge < -0.3 is 10.6 Å². The Labute approximate surface area is 136 Å². The first kappa shape index (κ1) is 16.0. The van der Waals surface area contributed by atoms with E-state index >= 15 is 0 Å². The van der Waals surface area contributed by atoms with Crippen molar-refractivity contribution in [2.75, 3.05) is 24.7 Å². The third-order valence-corrected chi connectivity index (χ3v) is 3.66. The molecule has 0 spiro atoms. The average Bonchev–Trinajstić information content (AvgIpc) is 2.52. The molecule has 0 aliphatic rings.